The molecule has 0 fully saturated rings. The van der Waals surface area contributed by atoms with Gasteiger partial charge in [0.1, 0.15) is 5.60 Å². The van der Waals surface area contributed by atoms with E-state index >= 15 is 0 Å². The van der Waals surface area contributed by atoms with E-state index in [1.807, 2.05) is 41.5 Å². The Labute approximate surface area is 178 Å². The van der Waals surface area contributed by atoms with Gasteiger partial charge in [0, 0.05) is 6.42 Å². The van der Waals surface area contributed by atoms with Gasteiger partial charge in [0.15, 0.2) is 0 Å². The predicted octanol–water partition coefficient (Wildman–Crippen LogP) is 6.72. The van der Waals surface area contributed by atoms with Gasteiger partial charge in [-0.15, -0.1) is 0 Å². The molecule has 0 aliphatic carbocycles. The summed E-state index contributed by atoms with van der Waals surface area (Å²) in [7, 11) is 0. The molecule has 0 rings (SSSR count). The summed E-state index contributed by atoms with van der Waals surface area (Å²) in [4.78, 5) is 35.7. The van der Waals surface area contributed by atoms with Crippen molar-refractivity contribution in [3.63, 3.8) is 0 Å². The van der Waals surface area contributed by atoms with Gasteiger partial charge in [-0.25, -0.2) is 9.59 Å². The van der Waals surface area contributed by atoms with Crippen molar-refractivity contribution in [3.8, 4) is 0 Å². The average Bonchev–Trinajstić information content (AvgIpc) is 2.48. The van der Waals surface area contributed by atoms with E-state index in [9.17, 15) is 9.59 Å². The van der Waals surface area contributed by atoms with Crippen molar-refractivity contribution in [2.75, 3.05) is 0 Å². The first-order chi connectivity index (χ1) is 12.8. The van der Waals surface area contributed by atoms with Crippen molar-refractivity contribution in [1.29, 1.82) is 0 Å². The van der Waals surface area contributed by atoms with Gasteiger partial charge in [-0.3, -0.25) is 4.89 Å². The molecule has 0 aromatic rings. The summed E-state index contributed by atoms with van der Waals surface area (Å²) in [6.45, 7) is 21.9. The first-order valence-electron chi connectivity index (χ1n) is 10.5. The molecule has 0 radical (unpaired) electrons. The first-order valence-corrected chi connectivity index (χ1v) is 10.5. The summed E-state index contributed by atoms with van der Waals surface area (Å²) in [6, 6.07) is 0. The van der Waals surface area contributed by atoms with Crippen LogP contribution in [0.3, 0.4) is 0 Å². The molecule has 1 N–H and O–H groups in total. The van der Waals surface area contributed by atoms with Crippen LogP contribution in [-0.4, -0.2) is 22.8 Å². The highest BCUT2D eigenvalue weighted by Crippen LogP contribution is 2.33. The van der Waals surface area contributed by atoms with Gasteiger partial charge in [0.05, 0.1) is 5.41 Å². The smallest absolute Gasteiger partial charge is 0.300 e. The normalized spacial score (nSPS) is 12.7. The van der Waals surface area contributed by atoms with Gasteiger partial charge in [0.2, 0.25) is 0 Å². The molecule has 0 saturated heterocycles. The van der Waals surface area contributed by atoms with Gasteiger partial charge in [-0.05, 0) is 64.7 Å². The molecule has 29 heavy (non-hydrogen) atoms. The fourth-order valence-electron chi connectivity index (χ4n) is 2.84. The fraction of sp³-hybridized carbons (Fsp3) is 0.913. The highest BCUT2D eigenvalue weighted by Gasteiger charge is 2.34. The van der Waals surface area contributed by atoms with Crippen molar-refractivity contribution in [3.05, 3.63) is 0 Å². The number of rotatable bonds is 8. The van der Waals surface area contributed by atoms with Crippen LogP contribution in [0.15, 0.2) is 0 Å². The summed E-state index contributed by atoms with van der Waals surface area (Å²) >= 11 is 0. The van der Waals surface area contributed by atoms with Gasteiger partial charge >= 0.3 is 11.9 Å². The third-order valence-corrected chi connectivity index (χ3v) is 3.80. The Morgan fingerprint density at radius 2 is 1.28 bits per heavy atom. The van der Waals surface area contributed by atoms with Crippen LogP contribution in [0.2, 0.25) is 0 Å². The standard InChI is InChI=1S/C14H28O3.C9H18O3/c1-13(2,3)11-9-7-8-10-12(15)16-17-14(4,5)6;1-8(2,3)6-9(4,5)7(10)12-11/h7-11H2,1-6H3;11H,6H2,1-5H3. The van der Waals surface area contributed by atoms with Crippen LogP contribution in [0.5, 0.6) is 0 Å². The van der Waals surface area contributed by atoms with E-state index < -0.39 is 17.0 Å². The number of hydrogen-bond acceptors (Lipinski definition) is 6. The summed E-state index contributed by atoms with van der Waals surface area (Å²) < 4.78 is 0. The van der Waals surface area contributed by atoms with Crippen LogP contribution in [0.4, 0.5) is 0 Å². The second kappa shape index (κ2) is 12.5. The Bertz CT molecular complexity index is 475. The lowest BCUT2D eigenvalue weighted by Crippen LogP contribution is -2.30. The largest absolute Gasteiger partial charge is 0.347 e. The topological polar surface area (TPSA) is 82.1 Å². The number of carbonyl (C=O) groups is 2. The molecule has 0 amide bonds. The zero-order chi connectivity index (χ0) is 23.5. The van der Waals surface area contributed by atoms with Crippen LogP contribution in [0.1, 0.15) is 115 Å². The van der Waals surface area contributed by atoms with E-state index in [1.54, 1.807) is 13.8 Å². The monoisotopic (exact) mass is 418 g/mol. The van der Waals surface area contributed by atoms with E-state index in [0.29, 0.717) is 18.3 Å². The van der Waals surface area contributed by atoms with E-state index in [0.717, 1.165) is 19.3 Å². The summed E-state index contributed by atoms with van der Waals surface area (Å²) in [6.07, 6.45) is 5.43. The Hall–Kier alpha value is -1.14. The highest BCUT2D eigenvalue weighted by molar-refractivity contribution is 5.75. The Morgan fingerprint density at radius 1 is 0.759 bits per heavy atom. The second-order valence-electron chi connectivity index (χ2n) is 11.8. The molecule has 0 aromatic carbocycles. The lowest BCUT2D eigenvalue weighted by molar-refractivity contribution is -0.320. The second-order valence-corrected chi connectivity index (χ2v) is 11.8. The van der Waals surface area contributed by atoms with Crippen LogP contribution in [-0.2, 0) is 24.3 Å². The number of hydrogen-bond donors (Lipinski definition) is 1. The molecule has 0 unspecified atom stereocenters. The lowest BCUT2D eigenvalue weighted by Gasteiger charge is -2.28. The van der Waals surface area contributed by atoms with Gasteiger partial charge in [-0.1, -0.05) is 54.4 Å². The molecule has 0 bridgehead atoms. The Morgan fingerprint density at radius 3 is 1.66 bits per heavy atom. The van der Waals surface area contributed by atoms with Gasteiger partial charge < -0.3 is 4.89 Å². The molecule has 0 spiro atoms. The molecule has 6 heteroatoms. The van der Waals surface area contributed by atoms with Crippen LogP contribution in [0, 0.1) is 16.2 Å². The van der Waals surface area contributed by atoms with Crippen molar-refractivity contribution in [1.82, 2.24) is 0 Å². The SMILES string of the molecule is CC(C)(C)CC(C)(C)C(=O)OO.CC(C)(C)CCCCCC(=O)OOC(C)(C)C. The third kappa shape index (κ3) is 21.4. The molecular formula is C23H46O6. The quantitative estimate of drug-likeness (QED) is 0.267. The van der Waals surface area contributed by atoms with Crippen molar-refractivity contribution in [2.45, 2.75) is 120 Å². The minimum Gasteiger partial charge on any atom is -0.300 e. The van der Waals surface area contributed by atoms with Crippen LogP contribution >= 0.6 is 0 Å². The minimum atomic E-state index is -0.618. The van der Waals surface area contributed by atoms with Gasteiger partial charge in [0.25, 0.3) is 0 Å². The molecule has 0 aliphatic heterocycles. The number of carbonyl (C=O) groups excluding carboxylic acids is 2. The molecule has 0 aromatic heterocycles. The van der Waals surface area contributed by atoms with Crippen LogP contribution < -0.4 is 0 Å². The molecule has 0 aliphatic rings. The molecule has 6 nitrogen and oxygen atoms in total. The maximum atomic E-state index is 11.3. The van der Waals surface area contributed by atoms with E-state index in [2.05, 4.69) is 25.7 Å². The van der Waals surface area contributed by atoms with Gasteiger partial charge in [-0.2, -0.15) is 10.1 Å². The summed E-state index contributed by atoms with van der Waals surface area (Å²) in [5.41, 5.74) is -0.609. The van der Waals surface area contributed by atoms with Crippen molar-refractivity contribution < 1.29 is 29.5 Å². The maximum absolute atomic E-state index is 11.3. The molecular weight excluding hydrogens is 372 g/mol. The molecule has 0 heterocycles. The summed E-state index contributed by atoms with van der Waals surface area (Å²) in [5.74, 6) is -0.840. The van der Waals surface area contributed by atoms with E-state index in [1.165, 1.54) is 6.42 Å². The third-order valence-electron chi connectivity index (χ3n) is 3.80. The molecule has 0 atom stereocenters. The minimum absolute atomic E-state index is 0.0533. The zero-order valence-electron chi connectivity index (χ0n) is 20.7. The number of unbranched alkanes of at least 4 members (excludes halogenated alkanes) is 2. The predicted molar refractivity (Wildman–Crippen MR) is 116 cm³/mol. The maximum Gasteiger partial charge on any atom is 0.347 e. The van der Waals surface area contributed by atoms with E-state index in [-0.39, 0.29) is 11.4 Å². The lowest BCUT2D eigenvalue weighted by atomic mass is 9.76. The van der Waals surface area contributed by atoms with Crippen molar-refractivity contribution >= 4 is 11.9 Å². The first kappa shape index (κ1) is 30.1. The fourth-order valence-corrected chi connectivity index (χ4v) is 2.84. The highest BCUT2D eigenvalue weighted by atomic mass is 17.2. The van der Waals surface area contributed by atoms with Crippen LogP contribution in [0.25, 0.3) is 0 Å². The Kier molecular flexibility index (Phi) is 13.0. The zero-order valence-corrected chi connectivity index (χ0v) is 20.7. The summed E-state index contributed by atoms with van der Waals surface area (Å²) in [5, 5.41) is 8.22. The molecule has 174 valence electrons. The van der Waals surface area contributed by atoms with Crippen molar-refractivity contribution in [2.24, 2.45) is 16.2 Å². The van der Waals surface area contributed by atoms with E-state index in [4.69, 9.17) is 15.0 Å². The molecule has 0 saturated carbocycles. The average molecular weight is 419 g/mol. The Balaban J connectivity index is 0.